The summed E-state index contributed by atoms with van der Waals surface area (Å²) in [4.78, 5) is 14.1. The summed E-state index contributed by atoms with van der Waals surface area (Å²) in [7, 11) is 0. The molecule has 1 fully saturated rings. The number of benzene rings is 1. The first kappa shape index (κ1) is 16.5. The molecule has 0 heterocycles. The fraction of sp³-hybridized carbons (Fsp3) is 0.471. The highest BCUT2D eigenvalue weighted by molar-refractivity contribution is 5.92. The van der Waals surface area contributed by atoms with Gasteiger partial charge in [0, 0.05) is 24.7 Å². The van der Waals surface area contributed by atoms with Crippen molar-refractivity contribution in [3.63, 3.8) is 0 Å². The Hall–Kier alpha value is -1.91. The second-order valence-electron chi connectivity index (χ2n) is 5.48. The lowest BCUT2D eigenvalue weighted by Gasteiger charge is -2.20. The minimum absolute atomic E-state index is 0.0748. The number of carbonyl (C=O) groups excluding carboxylic acids is 1. The lowest BCUT2D eigenvalue weighted by atomic mass is 10.2. The molecule has 0 atom stereocenters. The van der Waals surface area contributed by atoms with E-state index in [-0.39, 0.29) is 11.7 Å². The molecular weight excluding hydrogens is 288 g/mol. The highest BCUT2D eigenvalue weighted by atomic mass is 19.3. The summed E-state index contributed by atoms with van der Waals surface area (Å²) in [6.45, 7) is 0.653. The maximum atomic E-state index is 12.4. The molecule has 0 spiro atoms. The molecule has 2 rings (SSSR count). The van der Waals surface area contributed by atoms with Gasteiger partial charge in [-0.3, -0.25) is 4.79 Å². The fourth-order valence-corrected chi connectivity index (χ4v) is 2.26. The number of alkyl halides is 2. The summed E-state index contributed by atoms with van der Waals surface area (Å²) in [5.74, 6) is 0.615. The van der Waals surface area contributed by atoms with Gasteiger partial charge in [0.25, 0.3) is 0 Å². The highest BCUT2D eigenvalue weighted by Gasteiger charge is 2.25. The van der Waals surface area contributed by atoms with E-state index < -0.39 is 6.61 Å². The minimum atomic E-state index is -2.88. The van der Waals surface area contributed by atoms with Crippen molar-refractivity contribution in [1.82, 2.24) is 4.90 Å². The zero-order valence-corrected chi connectivity index (χ0v) is 12.7. The van der Waals surface area contributed by atoms with Crippen LogP contribution in [0.3, 0.4) is 0 Å². The highest BCUT2D eigenvalue weighted by Crippen LogP contribution is 2.30. The number of halogens is 2. The summed E-state index contributed by atoms with van der Waals surface area (Å²) >= 11 is 0. The van der Waals surface area contributed by atoms with Crippen LogP contribution in [-0.4, -0.2) is 30.5 Å². The van der Waals surface area contributed by atoms with Crippen molar-refractivity contribution in [3.05, 3.63) is 35.9 Å². The van der Waals surface area contributed by atoms with Gasteiger partial charge in [-0.15, -0.1) is 0 Å². The molecule has 1 aromatic carbocycles. The third-order valence-corrected chi connectivity index (χ3v) is 3.52. The van der Waals surface area contributed by atoms with Crippen molar-refractivity contribution >= 4 is 12.0 Å². The van der Waals surface area contributed by atoms with E-state index in [0.29, 0.717) is 11.5 Å². The number of rotatable bonds is 8. The summed E-state index contributed by atoms with van der Waals surface area (Å²) in [6.07, 6.45) is 6.24. The number of hydrogen-bond donors (Lipinski definition) is 0. The maximum Gasteiger partial charge on any atom is 0.387 e. The van der Waals surface area contributed by atoms with Crippen molar-refractivity contribution in [2.75, 3.05) is 13.1 Å². The molecule has 0 radical (unpaired) electrons. The van der Waals surface area contributed by atoms with Crippen LogP contribution in [0.2, 0.25) is 0 Å². The first-order valence-corrected chi connectivity index (χ1v) is 7.61. The monoisotopic (exact) mass is 309 g/mol. The summed E-state index contributed by atoms with van der Waals surface area (Å²) in [6, 6.07) is 6.45. The molecule has 1 amide bonds. The smallest absolute Gasteiger partial charge is 0.387 e. The van der Waals surface area contributed by atoms with Gasteiger partial charge in [0.15, 0.2) is 0 Å². The molecule has 3 nitrogen and oxygen atoms in total. The molecule has 22 heavy (non-hydrogen) atoms. The molecule has 0 bridgehead atoms. The molecule has 0 aliphatic heterocycles. The van der Waals surface area contributed by atoms with Crippen LogP contribution in [0.1, 0.15) is 31.7 Å². The van der Waals surface area contributed by atoms with Crippen molar-refractivity contribution in [3.8, 4) is 5.75 Å². The normalized spacial score (nSPS) is 14.5. The van der Waals surface area contributed by atoms with Crippen LogP contribution in [0, 0.1) is 5.92 Å². The number of carbonyl (C=O) groups is 1. The van der Waals surface area contributed by atoms with Crippen molar-refractivity contribution in [1.29, 1.82) is 0 Å². The van der Waals surface area contributed by atoms with E-state index in [1.807, 2.05) is 11.8 Å². The number of para-hydroxylation sites is 1. The molecule has 1 aliphatic carbocycles. The average Bonchev–Trinajstić information content (AvgIpc) is 3.29. The molecule has 0 saturated heterocycles. The Bertz CT molecular complexity index is 527. The number of hydrogen-bond acceptors (Lipinski definition) is 2. The van der Waals surface area contributed by atoms with Crippen LogP contribution in [-0.2, 0) is 4.79 Å². The van der Waals surface area contributed by atoms with Gasteiger partial charge >= 0.3 is 6.61 Å². The Morgan fingerprint density at radius 3 is 2.77 bits per heavy atom. The second kappa shape index (κ2) is 7.92. The van der Waals surface area contributed by atoms with Crippen LogP contribution >= 0.6 is 0 Å². The van der Waals surface area contributed by atoms with E-state index in [4.69, 9.17) is 0 Å². The zero-order chi connectivity index (χ0) is 15.9. The summed E-state index contributed by atoms with van der Waals surface area (Å²) in [5.41, 5.74) is 0.471. The second-order valence-corrected chi connectivity index (χ2v) is 5.48. The Morgan fingerprint density at radius 1 is 1.41 bits per heavy atom. The molecular formula is C17H21F2NO2. The third kappa shape index (κ3) is 5.13. The molecule has 1 saturated carbocycles. The van der Waals surface area contributed by atoms with E-state index in [2.05, 4.69) is 4.74 Å². The first-order chi connectivity index (χ1) is 10.6. The Balaban J connectivity index is 2.04. The third-order valence-electron chi connectivity index (χ3n) is 3.52. The number of nitrogens with zero attached hydrogens (tertiary/aromatic N) is 1. The summed E-state index contributed by atoms with van der Waals surface area (Å²) in [5, 5.41) is 0. The van der Waals surface area contributed by atoms with Gasteiger partial charge in [-0.25, -0.2) is 0 Å². The molecule has 0 unspecified atom stereocenters. The molecule has 0 N–H and O–H groups in total. The fourth-order valence-electron chi connectivity index (χ4n) is 2.26. The predicted octanol–water partition coefficient (Wildman–Crippen LogP) is 3.95. The number of ether oxygens (including phenoxy) is 1. The summed E-state index contributed by atoms with van der Waals surface area (Å²) < 4.78 is 29.2. The van der Waals surface area contributed by atoms with E-state index in [9.17, 15) is 13.6 Å². The van der Waals surface area contributed by atoms with Crippen LogP contribution in [0.15, 0.2) is 30.3 Å². The van der Waals surface area contributed by atoms with E-state index >= 15 is 0 Å². The van der Waals surface area contributed by atoms with Crippen LogP contribution < -0.4 is 4.74 Å². The van der Waals surface area contributed by atoms with Gasteiger partial charge in [-0.1, -0.05) is 25.1 Å². The average molecular weight is 309 g/mol. The van der Waals surface area contributed by atoms with Gasteiger partial charge in [0.2, 0.25) is 5.91 Å². The van der Waals surface area contributed by atoms with Gasteiger partial charge in [0.1, 0.15) is 5.75 Å². The molecule has 0 aromatic heterocycles. The van der Waals surface area contributed by atoms with Gasteiger partial charge in [0.05, 0.1) is 0 Å². The minimum Gasteiger partial charge on any atom is -0.434 e. The Labute approximate surface area is 129 Å². The van der Waals surface area contributed by atoms with Gasteiger partial charge in [-0.2, -0.15) is 8.78 Å². The van der Waals surface area contributed by atoms with Crippen LogP contribution in [0.5, 0.6) is 5.75 Å². The molecule has 5 heteroatoms. The quantitative estimate of drug-likeness (QED) is 0.681. The SMILES string of the molecule is CCCN(CC1CC1)C(=O)/C=C/c1ccccc1OC(F)F. The molecule has 1 aromatic rings. The van der Waals surface area contributed by atoms with E-state index in [1.165, 1.54) is 31.1 Å². The molecule has 1 aliphatic rings. The standard InChI is InChI=1S/C17H21F2NO2/c1-2-11-20(12-13-7-8-13)16(21)10-9-14-5-3-4-6-15(14)22-17(18)19/h3-6,9-10,13,17H,2,7-8,11-12H2,1H3/b10-9+. The maximum absolute atomic E-state index is 12.4. The van der Waals surface area contributed by atoms with Gasteiger partial charge < -0.3 is 9.64 Å². The first-order valence-electron chi connectivity index (χ1n) is 7.61. The topological polar surface area (TPSA) is 29.5 Å². The van der Waals surface area contributed by atoms with E-state index in [1.54, 1.807) is 18.2 Å². The number of amides is 1. The Kier molecular flexibility index (Phi) is 5.92. The van der Waals surface area contributed by atoms with Gasteiger partial charge in [-0.05, 0) is 37.3 Å². The van der Waals surface area contributed by atoms with Crippen molar-refractivity contribution < 1.29 is 18.3 Å². The Morgan fingerprint density at radius 2 is 2.14 bits per heavy atom. The lowest BCUT2D eigenvalue weighted by Crippen LogP contribution is -2.32. The predicted molar refractivity (Wildman–Crippen MR) is 81.7 cm³/mol. The zero-order valence-electron chi connectivity index (χ0n) is 12.7. The van der Waals surface area contributed by atoms with E-state index in [0.717, 1.165) is 19.5 Å². The molecule has 120 valence electrons. The van der Waals surface area contributed by atoms with Crippen molar-refractivity contribution in [2.45, 2.75) is 32.8 Å². The van der Waals surface area contributed by atoms with Crippen molar-refractivity contribution in [2.24, 2.45) is 5.92 Å². The largest absolute Gasteiger partial charge is 0.434 e. The van der Waals surface area contributed by atoms with Crippen LogP contribution in [0.25, 0.3) is 6.08 Å². The van der Waals surface area contributed by atoms with Crippen LogP contribution in [0.4, 0.5) is 8.78 Å². The lowest BCUT2D eigenvalue weighted by molar-refractivity contribution is -0.126.